The van der Waals surface area contributed by atoms with Gasteiger partial charge < -0.3 is 15.5 Å². The van der Waals surface area contributed by atoms with Crippen molar-refractivity contribution in [2.45, 2.75) is 18.9 Å². The monoisotopic (exact) mass is 297 g/mol. The Bertz CT molecular complexity index is 608. The van der Waals surface area contributed by atoms with Crippen molar-refractivity contribution < 1.29 is 0 Å². The van der Waals surface area contributed by atoms with Crippen LogP contribution in [0, 0.1) is 0 Å². The van der Waals surface area contributed by atoms with E-state index in [9.17, 15) is 0 Å². The molecule has 1 heterocycles. The van der Waals surface area contributed by atoms with E-state index in [2.05, 4.69) is 51.7 Å². The molecule has 5 nitrogen and oxygen atoms in total. The zero-order valence-electron chi connectivity index (χ0n) is 13.2. The number of aromatic nitrogens is 2. The van der Waals surface area contributed by atoms with Crippen LogP contribution < -0.4 is 10.6 Å². The Balaban J connectivity index is 1.81. The highest BCUT2D eigenvalue weighted by atomic mass is 15.2. The molecule has 1 aliphatic rings. The van der Waals surface area contributed by atoms with Gasteiger partial charge >= 0.3 is 0 Å². The van der Waals surface area contributed by atoms with E-state index in [1.165, 1.54) is 12.8 Å². The van der Waals surface area contributed by atoms with Gasteiger partial charge in [0.2, 0.25) is 5.95 Å². The Morgan fingerprint density at radius 1 is 1.14 bits per heavy atom. The van der Waals surface area contributed by atoms with Crippen LogP contribution in [0.2, 0.25) is 0 Å². The van der Waals surface area contributed by atoms with Crippen LogP contribution >= 0.6 is 0 Å². The van der Waals surface area contributed by atoms with Gasteiger partial charge in [-0.25, -0.2) is 4.98 Å². The number of likely N-dealkylation sites (N-methyl/N-ethyl adjacent to an activating group) is 1. The van der Waals surface area contributed by atoms with E-state index in [-0.39, 0.29) is 0 Å². The van der Waals surface area contributed by atoms with Gasteiger partial charge in [-0.3, -0.25) is 0 Å². The van der Waals surface area contributed by atoms with Crippen molar-refractivity contribution in [1.82, 2.24) is 14.9 Å². The highest BCUT2D eigenvalue weighted by Crippen LogP contribution is 2.27. The molecule has 0 saturated heterocycles. The molecule has 0 amide bonds. The molecule has 2 aromatic rings. The summed E-state index contributed by atoms with van der Waals surface area (Å²) in [5.41, 5.74) is 2.06. The van der Waals surface area contributed by atoms with Crippen molar-refractivity contribution in [2.75, 3.05) is 37.8 Å². The van der Waals surface area contributed by atoms with Gasteiger partial charge in [0.15, 0.2) is 0 Å². The molecule has 0 spiro atoms. The summed E-state index contributed by atoms with van der Waals surface area (Å²) in [6.07, 6.45) is 2.46. The molecule has 1 fully saturated rings. The molecule has 3 rings (SSSR count). The SMILES string of the molecule is CN(C)CCNc1nc(NC2CC2)cc(-c2ccccc2)n1. The quantitative estimate of drug-likeness (QED) is 0.823. The minimum Gasteiger partial charge on any atom is -0.367 e. The summed E-state index contributed by atoms with van der Waals surface area (Å²) < 4.78 is 0. The van der Waals surface area contributed by atoms with Crippen LogP contribution in [0.3, 0.4) is 0 Å². The molecular formula is C17H23N5. The zero-order valence-corrected chi connectivity index (χ0v) is 13.2. The molecule has 1 aromatic heterocycles. The lowest BCUT2D eigenvalue weighted by atomic mass is 10.1. The third kappa shape index (κ3) is 4.18. The Labute approximate surface area is 131 Å². The fourth-order valence-corrected chi connectivity index (χ4v) is 2.19. The molecule has 0 atom stereocenters. The van der Waals surface area contributed by atoms with E-state index in [4.69, 9.17) is 0 Å². The maximum Gasteiger partial charge on any atom is 0.225 e. The second-order valence-electron chi connectivity index (χ2n) is 5.98. The van der Waals surface area contributed by atoms with Crippen LogP contribution in [0.25, 0.3) is 11.3 Å². The molecule has 22 heavy (non-hydrogen) atoms. The molecule has 2 N–H and O–H groups in total. The van der Waals surface area contributed by atoms with Gasteiger partial charge in [0.05, 0.1) is 5.69 Å². The molecule has 5 heteroatoms. The zero-order chi connectivity index (χ0) is 15.4. The summed E-state index contributed by atoms with van der Waals surface area (Å²) in [6, 6.07) is 12.8. The van der Waals surface area contributed by atoms with Gasteiger partial charge in [0.1, 0.15) is 5.82 Å². The average Bonchev–Trinajstić information content (AvgIpc) is 3.31. The molecule has 0 radical (unpaired) electrons. The van der Waals surface area contributed by atoms with E-state index in [1.54, 1.807) is 0 Å². The first-order valence-electron chi connectivity index (χ1n) is 7.80. The Morgan fingerprint density at radius 3 is 2.59 bits per heavy atom. The fraction of sp³-hybridized carbons (Fsp3) is 0.412. The number of nitrogens with one attached hydrogen (secondary N) is 2. The van der Waals surface area contributed by atoms with Gasteiger partial charge in [-0.2, -0.15) is 4.98 Å². The lowest BCUT2D eigenvalue weighted by Gasteiger charge is -2.13. The molecule has 0 bridgehead atoms. The van der Waals surface area contributed by atoms with Crippen molar-refractivity contribution in [1.29, 1.82) is 0 Å². The topological polar surface area (TPSA) is 53.1 Å². The number of anilines is 2. The smallest absolute Gasteiger partial charge is 0.225 e. The predicted octanol–water partition coefficient (Wildman–Crippen LogP) is 2.69. The van der Waals surface area contributed by atoms with Crippen LogP contribution in [-0.2, 0) is 0 Å². The number of nitrogens with zero attached hydrogens (tertiary/aromatic N) is 3. The van der Waals surface area contributed by atoms with Gasteiger partial charge in [-0.1, -0.05) is 30.3 Å². The molecule has 116 valence electrons. The van der Waals surface area contributed by atoms with Crippen LogP contribution in [0.15, 0.2) is 36.4 Å². The first-order valence-corrected chi connectivity index (χ1v) is 7.80. The fourth-order valence-electron chi connectivity index (χ4n) is 2.19. The second-order valence-corrected chi connectivity index (χ2v) is 5.98. The predicted molar refractivity (Wildman–Crippen MR) is 91.2 cm³/mol. The van der Waals surface area contributed by atoms with Crippen LogP contribution in [0.5, 0.6) is 0 Å². The number of hydrogen-bond donors (Lipinski definition) is 2. The summed E-state index contributed by atoms with van der Waals surface area (Å²) in [5.74, 6) is 1.59. The largest absolute Gasteiger partial charge is 0.367 e. The maximum atomic E-state index is 4.65. The third-order valence-corrected chi connectivity index (χ3v) is 3.57. The second kappa shape index (κ2) is 6.75. The molecular weight excluding hydrogens is 274 g/mol. The standard InChI is InChI=1S/C17H23N5/c1-22(2)11-10-18-17-20-15(13-6-4-3-5-7-13)12-16(21-17)19-14-8-9-14/h3-7,12,14H,8-11H2,1-2H3,(H2,18,19,20,21). The number of hydrogen-bond acceptors (Lipinski definition) is 5. The van der Waals surface area contributed by atoms with Crippen molar-refractivity contribution in [3.63, 3.8) is 0 Å². The molecule has 1 saturated carbocycles. The van der Waals surface area contributed by atoms with E-state index in [0.717, 1.165) is 30.2 Å². The Hall–Kier alpha value is -2.14. The first kappa shape index (κ1) is 14.8. The highest BCUT2D eigenvalue weighted by molar-refractivity contribution is 5.64. The van der Waals surface area contributed by atoms with Gasteiger partial charge in [0, 0.05) is 30.8 Å². The summed E-state index contributed by atoms with van der Waals surface area (Å²) in [5, 5.41) is 6.78. The van der Waals surface area contributed by atoms with Crippen molar-refractivity contribution in [3.05, 3.63) is 36.4 Å². The molecule has 0 aliphatic heterocycles. The normalized spacial score (nSPS) is 14.1. The van der Waals surface area contributed by atoms with Crippen LogP contribution in [0.1, 0.15) is 12.8 Å². The maximum absolute atomic E-state index is 4.65. The molecule has 0 unspecified atom stereocenters. The lowest BCUT2D eigenvalue weighted by molar-refractivity contribution is 0.425. The van der Waals surface area contributed by atoms with Crippen LogP contribution in [0.4, 0.5) is 11.8 Å². The minimum atomic E-state index is 0.577. The summed E-state index contributed by atoms with van der Waals surface area (Å²) in [6.45, 7) is 1.78. The van der Waals surface area contributed by atoms with Crippen LogP contribution in [-0.4, -0.2) is 48.1 Å². The molecule has 1 aliphatic carbocycles. The summed E-state index contributed by atoms with van der Waals surface area (Å²) in [7, 11) is 4.12. The van der Waals surface area contributed by atoms with Gasteiger partial charge in [-0.15, -0.1) is 0 Å². The summed E-state index contributed by atoms with van der Waals surface area (Å²) in [4.78, 5) is 11.4. The lowest BCUT2D eigenvalue weighted by Crippen LogP contribution is -2.21. The highest BCUT2D eigenvalue weighted by Gasteiger charge is 2.22. The van der Waals surface area contributed by atoms with E-state index >= 15 is 0 Å². The van der Waals surface area contributed by atoms with Gasteiger partial charge in [0.25, 0.3) is 0 Å². The Morgan fingerprint density at radius 2 is 1.91 bits per heavy atom. The number of rotatable bonds is 7. The first-order chi connectivity index (χ1) is 10.7. The number of benzene rings is 1. The third-order valence-electron chi connectivity index (χ3n) is 3.57. The van der Waals surface area contributed by atoms with E-state index < -0.39 is 0 Å². The summed E-state index contributed by atoms with van der Waals surface area (Å²) >= 11 is 0. The molecule has 1 aromatic carbocycles. The van der Waals surface area contributed by atoms with E-state index in [1.807, 2.05) is 24.3 Å². The minimum absolute atomic E-state index is 0.577. The van der Waals surface area contributed by atoms with Crippen molar-refractivity contribution in [3.8, 4) is 11.3 Å². The average molecular weight is 297 g/mol. The Kier molecular flexibility index (Phi) is 4.53. The van der Waals surface area contributed by atoms with Crippen molar-refractivity contribution in [2.24, 2.45) is 0 Å². The van der Waals surface area contributed by atoms with E-state index in [0.29, 0.717) is 12.0 Å². The van der Waals surface area contributed by atoms with Gasteiger partial charge in [-0.05, 0) is 26.9 Å². The van der Waals surface area contributed by atoms with Crippen molar-refractivity contribution >= 4 is 11.8 Å².